The van der Waals surface area contributed by atoms with Crippen molar-refractivity contribution in [1.29, 1.82) is 0 Å². The molecular formula is C15H30N2O2. The molecule has 0 aliphatic carbocycles. The fourth-order valence-corrected chi connectivity index (χ4v) is 2.46. The summed E-state index contributed by atoms with van der Waals surface area (Å²) in [5.41, 5.74) is 5.40. The molecule has 2 N–H and O–H groups in total. The van der Waals surface area contributed by atoms with Gasteiger partial charge in [-0.05, 0) is 65.7 Å². The minimum Gasteiger partial charge on any atom is -0.444 e. The lowest BCUT2D eigenvalue weighted by atomic mass is 9.94. The van der Waals surface area contributed by atoms with Gasteiger partial charge in [0.2, 0.25) is 0 Å². The number of hydrogen-bond acceptors (Lipinski definition) is 3. The van der Waals surface area contributed by atoms with E-state index in [1.165, 1.54) is 12.8 Å². The maximum atomic E-state index is 12.0. The van der Waals surface area contributed by atoms with Crippen LogP contribution in [0.3, 0.4) is 0 Å². The number of carbonyl (C=O) groups is 1. The van der Waals surface area contributed by atoms with Crippen LogP contribution < -0.4 is 5.73 Å². The zero-order valence-electron chi connectivity index (χ0n) is 12.9. The van der Waals surface area contributed by atoms with E-state index >= 15 is 0 Å². The Bertz CT molecular complexity index is 284. The molecule has 112 valence electrons. The smallest absolute Gasteiger partial charge is 0.410 e. The van der Waals surface area contributed by atoms with Gasteiger partial charge in [0.15, 0.2) is 0 Å². The van der Waals surface area contributed by atoms with Crippen molar-refractivity contribution in [2.45, 2.75) is 71.4 Å². The molecule has 2 unspecified atom stereocenters. The molecule has 1 aliphatic heterocycles. The number of nitrogens with zero attached hydrogens (tertiary/aromatic N) is 1. The molecule has 1 aliphatic rings. The summed E-state index contributed by atoms with van der Waals surface area (Å²) in [5.74, 6) is 0.707. The third kappa shape index (κ3) is 6.81. The van der Waals surface area contributed by atoms with E-state index in [0.717, 1.165) is 32.4 Å². The highest BCUT2D eigenvalue weighted by atomic mass is 16.6. The number of amides is 1. The Morgan fingerprint density at radius 2 is 2.05 bits per heavy atom. The zero-order chi connectivity index (χ0) is 14.5. The average molecular weight is 270 g/mol. The Morgan fingerprint density at radius 1 is 1.37 bits per heavy atom. The van der Waals surface area contributed by atoms with Crippen LogP contribution in [0.15, 0.2) is 0 Å². The Balaban J connectivity index is 2.39. The summed E-state index contributed by atoms with van der Waals surface area (Å²) < 4.78 is 5.43. The maximum Gasteiger partial charge on any atom is 0.410 e. The quantitative estimate of drug-likeness (QED) is 0.857. The van der Waals surface area contributed by atoms with Gasteiger partial charge < -0.3 is 15.4 Å². The third-order valence-electron chi connectivity index (χ3n) is 3.53. The van der Waals surface area contributed by atoms with Crippen LogP contribution in [0, 0.1) is 5.92 Å². The minimum atomic E-state index is -0.405. The molecule has 4 heteroatoms. The summed E-state index contributed by atoms with van der Waals surface area (Å²) in [6.07, 6.45) is 5.44. The van der Waals surface area contributed by atoms with Crippen LogP contribution in [0.5, 0.6) is 0 Å². The van der Waals surface area contributed by atoms with Gasteiger partial charge in [-0.15, -0.1) is 0 Å². The van der Waals surface area contributed by atoms with E-state index in [1.54, 1.807) is 0 Å². The lowest BCUT2D eigenvalue weighted by molar-refractivity contribution is 0.0255. The Kier molecular flexibility index (Phi) is 6.11. The molecule has 0 aromatic carbocycles. The van der Waals surface area contributed by atoms with Crippen LogP contribution in [0.1, 0.15) is 59.8 Å². The van der Waals surface area contributed by atoms with Crippen molar-refractivity contribution in [3.05, 3.63) is 0 Å². The predicted molar refractivity (Wildman–Crippen MR) is 78.0 cm³/mol. The van der Waals surface area contributed by atoms with E-state index in [1.807, 2.05) is 25.7 Å². The summed E-state index contributed by atoms with van der Waals surface area (Å²) in [5, 5.41) is 0. The van der Waals surface area contributed by atoms with Crippen molar-refractivity contribution in [3.63, 3.8) is 0 Å². The minimum absolute atomic E-state index is 0.166. The van der Waals surface area contributed by atoms with E-state index in [4.69, 9.17) is 10.5 Å². The second-order valence-corrected chi connectivity index (χ2v) is 6.82. The van der Waals surface area contributed by atoms with E-state index in [0.29, 0.717) is 5.92 Å². The van der Waals surface area contributed by atoms with Gasteiger partial charge in [0.05, 0.1) is 0 Å². The van der Waals surface area contributed by atoms with Crippen LogP contribution in [-0.4, -0.2) is 35.7 Å². The molecule has 0 bridgehead atoms. The van der Waals surface area contributed by atoms with Crippen LogP contribution in [0.4, 0.5) is 4.79 Å². The van der Waals surface area contributed by atoms with Crippen molar-refractivity contribution >= 4 is 6.09 Å². The van der Waals surface area contributed by atoms with Crippen molar-refractivity contribution in [2.24, 2.45) is 11.7 Å². The lowest BCUT2D eigenvalue weighted by Gasteiger charge is -2.26. The average Bonchev–Trinajstić information content (AvgIpc) is 2.49. The second-order valence-electron chi connectivity index (χ2n) is 6.82. The van der Waals surface area contributed by atoms with Crippen molar-refractivity contribution in [2.75, 3.05) is 13.1 Å². The molecular weight excluding hydrogens is 240 g/mol. The summed E-state index contributed by atoms with van der Waals surface area (Å²) in [7, 11) is 0. The summed E-state index contributed by atoms with van der Waals surface area (Å²) >= 11 is 0. The molecule has 1 amide bonds. The second kappa shape index (κ2) is 7.13. The molecule has 1 rings (SSSR count). The summed E-state index contributed by atoms with van der Waals surface area (Å²) in [4.78, 5) is 13.9. The van der Waals surface area contributed by atoms with Crippen molar-refractivity contribution in [1.82, 2.24) is 4.90 Å². The van der Waals surface area contributed by atoms with Crippen molar-refractivity contribution < 1.29 is 9.53 Å². The molecule has 0 radical (unpaired) electrons. The van der Waals surface area contributed by atoms with Gasteiger partial charge in [-0.3, -0.25) is 0 Å². The molecule has 0 spiro atoms. The molecule has 0 saturated carbocycles. The largest absolute Gasteiger partial charge is 0.444 e. The number of carbonyl (C=O) groups excluding carboxylic acids is 1. The highest BCUT2D eigenvalue weighted by molar-refractivity contribution is 5.68. The normalized spacial score (nSPS) is 22.8. The maximum absolute atomic E-state index is 12.0. The number of likely N-dealkylation sites (tertiary alicyclic amines) is 1. The van der Waals surface area contributed by atoms with E-state index < -0.39 is 5.60 Å². The molecule has 0 aromatic heterocycles. The van der Waals surface area contributed by atoms with Gasteiger partial charge in [0.25, 0.3) is 0 Å². The fourth-order valence-electron chi connectivity index (χ4n) is 2.46. The van der Waals surface area contributed by atoms with Gasteiger partial charge in [-0.1, -0.05) is 0 Å². The predicted octanol–water partition coefficient (Wildman–Crippen LogP) is 3.15. The molecule has 1 saturated heterocycles. The molecule has 19 heavy (non-hydrogen) atoms. The van der Waals surface area contributed by atoms with Gasteiger partial charge in [0.1, 0.15) is 5.60 Å². The lowest BCUT2D eigenvalue weighted by Crippen LogP contribution is -2.37. The zero-order valence-corrected chi connectivity index (χ0v) is 12.9. The SMILES string of the molecule is CC(N)CCC1CCCN(C(=O)OC(C)(C)C)CC1. The molecule has 2 atom stereocenters. The first-order valence-corrected chi connectivity index (χ1v) is 7.51. The van der Waals surface area contributed by atoms with Crippen LogP contribution in [0.2, 0.25) is 0 Å². The van der Waals surface area contributed by atoms with Gasteiger partial charge in [-0.2, -0.15) is 0 Å². The number of nitrogens with two attached hydrogens (primary N) is 1. The highest BCUT2D eigenvalue weighted by Gasteiger charge is 2.25. The van der Waals surface area contributed by atoms with E-state index in [2.05, 4.69) is 6.92 Å². The van der Waals surface area contributed by atoms with E-state index in [-0.39, 0.29) is 12.1 Å². The Hall–Kier alpha value is -0.770. The summed E-state index contributed by atoms with van der Waals surface area (Å²) in [6.45, 7) is 9.43. The van der Waals surface area contributed by atoms with Crippen LogP contribution >= 0.6 is 0 Å². The van der Waals surface area contributed by atoms with Gasteiger partial charge in [0, 0.05) is 19.1 Å². The number of rotatable bonds is 3. The number of ether oxygens (including phenoxy) is 1. The Morgan fingerprint density at radius 3 is 2.63 bits per heavy atom. The standard InChI is InChI=1S/C15H30N2O2/c1-12(16)7-8-13-6-5-10-17(11-9-13)14(18)19-15(2,3)4/h12-13H,5-11,16H2,1-4H3. The monoisotopic (exact) mass is 270 g/mol. The first kappa shape index (κ1) is 16.3. The molecule has 1 heterocycles. The molecule has 4 nitrogen and oxygen atoms in total. The number of hydrogen-bond donors (Lipinski definition) is 1. The van der Waals surface area contributed by atoms with Crippen LogP contribution in [-0.2, 0) is 4.74 Å². The van der Waals surface area contributed by atoms with Crippen molar-refractivity contribution in [3.8, 4) is 0 Å². The first-order chi connectivity index (χ1) is 8.78. The van der Waals surface area contributed by atoms with E-state index in [9.17, 15) is 4.79 Å². The molecule has 0 aromatic rings. The topological polar surface area (TPSA) is 55.6 Å². The third-order valence-corrected chi connectivity index (χ3v) is 3.53. The van der Waals surface area contributed by atoms with Crippen LogP contribution in [0.25, 0.3) is 0 Å². The first-order valence-electron chi connectivity index (χ1n) is 7.51. The highest BCUT2D eigenvalue weighted by Crippen LogP contribution is 2.23. The Labute approximate surface area is 117 Å². The van der Waals surface area contributed by atoms with Gasteiger partial charge >= 0.3 is 6.09 Å². The molecule has 1 fully saturated rings. The summed E-state index contributed by atoms with van der Waals surface area (Å²) in [6, 6.07) is 0.283. The fraction of sp³-hybridized carbons (Fsp3) is 0.933. The van der Waals surface area contributed by atoms with Gasteiger partial charge in [-0.25, -0.2) is 4.79 Å².